The van der Waals surface area contributed by atoms with Gasteiger partial charge in [-0.3, -0.25) is 4.79 Å². The van der Waals surface area contributed by atoms with Crippen molar-refractivity contribution in [2.75, 3.05) is 19.0 Å². The second-order valence-corrected chi connectivity index (χ2v) is 5.32. The molecule has 0 saturated heterocycles. The fourth-order valence-corrected chi connectivity index (χ4v) is 1.38. The van der Waals surface area contributed by atoms with Crippen LogP contribution in [0.25, 0.3) is 0 Å². The molecule has 0 fully saturated rings. The highest BCUT2D eigenvalue weighted by Crippen LogP contribution is 2.13. The highest BCUT2D eigenvalue weighted by molar-refractivity contribution is 7.80. The Balaban J connectivity index is 2.82. The Morgan fingerprint density at radius 3 is 2.17 bits per heavy atom. The lowest BCUT2D eigenvalue weighted by Gasteiger charge is -2.24. The minimum Gasteiger partial charge on any atom is -0.391 e. The van der Waals surface area contributed by atoms with Crippen molar-refractivity contribution in [1.29, 1.82) is 0 Å². The van der Waals surface area contributed by atoms with E-state index in [4.69, 9.17) is 18.0 Å². The fourth-order valence-electron chi connectivity index (χ4n) is 1.33. The number of anilines is 1. The zero-order valence-electron chi connectivity index (χ0n) is 11.2. The summed E-state index contributed by atoms with van der Waals surface area (Å²) >= 11 is 4.91. The predicted molar refractivity (Wildman–Crippen MR) is 79.1 cm³/mol. The Labute approximate surface area is 113 Å². The Morgan fingerprint density at radius 1 is 1.28 bits per heavy atom. The summed E-state index contributed by atoms with van der Waals surface area (Å²) in [6.07, 6.45) is 0. The maximum atomic E-state index is 12.0. The Kier molecular flexibility index (Phi) is 4.29. The minimum atomic E-state index is -0.688. The molecule has 1 aromatic carbocycles. The van der Waals surface area contributed by atoms with Crippen LogP contribution in [0.1, 0.15) is 24.2 Å². The van der Waals surface area contributed by atoms with Crippen molar-refractivity contribution < 1.29 is 4.79 Å². The summed E-state index contributed by atoms with van der Waals surface area (Å²) in [6.45, 7) is 3.56. The van der Waals surface area contributed by atoms with E-state index < -0.39 is 5.54 Å². The van der Waals surface area contributed by atoms with Crippen LogP contribution in [0.5, 0.6) is 0 Å². The molecule has 0 aliphatic rings. The lowest BCUT2D eigenvalue weighted by molar-refractivity contribution is 0.0932. The van der Waals surface area contributed by atoms with Gasteiger partial charge in [-0.1, -0.05) is 12.2 Å². The van der Waals surface area contributed by atoms with E-state index in [1.165, 1.54) is 0 Å². The van der Waals surface area contributed by atoms with Gasteiger partial charge in [0.1, 0.15) is 0 Å². The normalized spacial score (nSPS) is 10.9. The third-order valence-electron chi connectivity index (χ3n) is 2.69. The summed E-state index contributed by atoms with van der Waals surface area (Å²) in [6, 6.07) is 7.34. The average Bonchev–Trinajstić information content (AvgIpc) is 2.28. The Bertz CT molecular complexity index is 452. The number of amides is 1. The van der Waals surface area contributed by atoms with Gasteiger partial charge < -0.3 is 16.0 Å². The second-order valence-electron chi connectivity index (χ2n) is 4.88. The number of nitrogens with two attached hydrogens (primary N) is 1. The summed E-state index contributed by atoms with van der Waals surface area (Å²) in [7, 11) is 3.90. The molecule has 5 heteroatoms. The third kappa shape index (κ3) is 3.43. The number of hydrogen-bond acceptors (Lipinski definition) is 3. The molecule has 0 unspecified atom stereocenters. The molecule has 0 aliphatic heterocycles. The molecule has 0 atom stereocenters. The lowest BCUT2D eigenvalue weighted by atomic mass is 10.0. The standard InChI is InChI=1S/C13H19N3OS/c1-13(2,12(14)18)15-11(17)9-5-7-10(8-6-9)16(3)4/h5-8H,1-4H3,(H2,14,18)(H,15,17). The van der Waals surface area contributed by atoms with E-state index in [0.717, 1.165) is 5.69 Å². The molecule has 0 radical (unpaired) electrons. The van der Waals surface area contributed by atoms with Crippen molar-refractivity contribution in [3.8, 4) is 0 Å². The van der Waals surface area contributed by atoms with Crippen LogP contribution >= 0.6 is 12.2 Å². The molecular formula is C13H19N3OS. The van der Waals surface area contributed by atoms with Gasteiger partial charge in [-0.2, -0.15) is 0 Å². The molecular weight excluding hydrogens is 246 g/mol. The van der Waals surface area contributed by atoms with Crippen LogP contribution in [0.15, 0.2) is 24.3 Å². The van der Waals surface area contributed by atoms with Gasteiger partial charge in [-0.05, 0) is 38.1 Å². The number of carbonyl (C=O) groups is 1. The van der Waals surface area contributed by atoms with Gasteiger partial charge in [0.05, 0.1) is 10.5 Å². The molecule has 3 N–H and O–H groups in total. The van der Waals surface area contributed by atoms with Crippen molar-refractivity contribution in [2.24, 2.45) is 5.73 Å². The predicted octanol–water partition coefficient (Wildman–Crippen LogP) is 1.55. The van der Waals surface area contributed by atoms with Gasteiger partial charge in [0.15, 0.2) is 0 Å². The molecule has 1 amide bonds. The van der Waals surface area contributed by atoms with Crippen molar-refractivity contribution in [1.82, 2.24) is 5.32 Å². The molecule has 0 spiro atoms. The van der Waals surface area contributed by atoms with Crippen molar-refractivity contribution in [3.05, 3.63) is 29.8 Å². The highest BCUT2D eigenvalue weighted by Gasteiger charge is 2.24. The van der Waals surface area contributed by atoms with Crippen molar-refractivity contribution in [3.63, 3.8) is 0 Å². The first-order chi connectivity index (χ1) is 8.24. The first kappa shape index (κ1) is 14.4. The molecule has 0 aromatic heterocycles. The van der Waals surface area contributed by atoms with Crippen molar-refractivity contribution in [2.45, 2.75) is 19.4 Å². The van der Waals surface area contributed by atoms with Crippen LogP contribution in [-0.2, 0) is 0 Å². The van der Waals surface area contributed by atoms with Gasteiger partial charge in [-0.15, -0.1) is 0 Å². The zero-order chi connectivity index (χ0) is 13.9. The Hall–Kier alpha value is -1.62. The van der Waals surface area contributed by atoms with Crippen LogP contribution < -0.4 is 16.0 Å². The number of rotatable bonds is 4. The van der Waals surface area contributed by atoms with Crippen molar-refractivity contribution >= 4 is 28.8 Å². The Morgan fingerprint density at radius 2 is 1.78 bits per heavy atom. The summed E-state index contributed by atoms with van der Waals surface area (Å²) in [4.78, 5) is 14.2. The molecule has 0 bridgehead atoms. The van der Waals surface area contributed by atoms with E-state index in [9.17, 15) is 4.79 Å². The molecule has 98 valence electrons. The van der Waals surface area contributed by atoms with Crippen LogP contribution in [0, 0.1) is 0 Å². The molecule has 0 heterocycles. The highest BCUT2D eigenvalue weighted by atomic mass is 32.1. The van der Waals surface area contributed by atoms with Gasteiger partial charge in [0, 0.05) is 25.3 Å². The SMILES string of the molecule is CN(C)c1ccc(C(=O)NC(C)(C)C(N)=S)cc1. The van der Waals surface area contributed by atoms with Gasteiger partial charge in [-0.25, -0.2) is 0 Å². The quantitative estimate of drug-likeness (QED) is 0.811. The maximum Gasteiger partial charge on any atom is 0.252 e. The minimum absolute atomic E-state index is 0.182. The van der Waals surface area contributed by atoms with E-state index in [0.29, 0.717) is 5.56 Å². The largest absolute Gasteiger partial charge is 0.391 e. The topological polar surface area (TPSA) is 58.4 Å². The number of nitrogens with one attached hydrogen (secondary N) is 1. The molecule has 0 saturated carbocycles. The lowest BCUT2D eigenvalue weighted by Crippen LogP contribution is -2.52. The number of nitrogens with zero attached hydrogens (tertiary/aromatic N) is 1. The van der Waals surface area contributed by atoms with Crippen LogP contribution in [0.2, 0.25) is 0 Å². The molecule has 18 heavy (non-hydrogen) atoms. The smallest absolute Gasteiger partial charge is 0.252 e. The first-order valence-corrected chi connectivity index (χ1v) is 6.04. The van der Waals surface area contributed by atoms with Gasteiger partial charge >= 0.3 is 0 Å². The van der Waals surface area contributed by atoms with E-state index >= 15 is 0 Å². The van der Waals surface area contributed by atoms with Gasteiger partial charge in [0.25, 0.3) is 5.91 Å². The van der Waals surface area contributed by atoms with E-state index in [-0.39, 0.29) is 10.9 Å². The number of hydrogen-bond donors (Lipinski definition) is 2. The monoisotopic (exact) mass is 265 g/mol. The number of thiocarbonyl (C=S) groups is 1. The van der Waals surface area contributed by atoms with E-state index in [1.54, 1.807) is 26.0 Å². The van der Waals surface area contributed by atoms with Gasteiger partial charge in [0.2, 0.25) is 0 Å². The molecule has 0 aliphatic carbocycles. The van der Waals surface area contributed by atoms with Crippen LogP contribution in [0.4, 0.5) is 5.69 Å². The maximum absolute atomic E-state index is 12.0. The summed E-state index contributed by atoms with van der Waals surface area (Å²) < 4.78 is 0. The van der Waals surface area contributed by atoms with Crippen LogP contribution in [0.3, 0.4) is 0 Å². The fraction of sp³-hybridized carbons (Fsp3) is 0.385. The first-order valence-electron chi connectivity index (χ1n) is 5.64. The number of carbonyl (C=O) groups excluding carboxylic acids is 1. The average molecular weight is 265 g/mol. The summed E-state index contributed by atoms with van der Waals surface area (Å²) in [5.74, 6) is -0.182. The van der Waals surface area contributed by atoms with E-state index in [1.807, 2.05) is 31.1 Å². The molecule has 1 aromatic rings. The number of benzene rings is 1. The third-order valence-corrected chi connectivity index (χ3v) is 3.20. The molecule has 1 rings (SSSR count). The second kappa shape index (κ2) is 5.35. The van der Waals surface area contributed by atoms with Crippen LogP contribution in [-0.4, -0.2) is 30.5 Å². The zero-order valence-corrected chi connectivity index (χ0v) is 12.0. The molecule has 4 nitrogen and oxygen atoms in total. The van der Waals surface area contributed by atoms with E-state index in [2.05, 4.69) is 5.32 Å². The summed E-state index contributed by atoms with van der Waals surface area (Å²) in [5.41, 5.74) is 6.51. The summed E-state index contributed by atoms with van der Waals surface area (Å²) in [5, 5.41) is 2.80.